The minimum Gasteiger partial charge on any atom is -0.394 e. The van der Waals surface area contributed by atoms with Crippen molar-refractivity contribution in [2.75, 3.05) is 12.3 Å². The molecule has 1 aliphatic rings. The minimum atomic E-state index is -5.14. The van der Waals surface area contributed by atoms with E-state index in [-0.39, 0.29) is 17.0 Å². The highest BCUT2D eigenvalue weighted by atomic mass is 32.2. The molecule has 0 spiro atoms. The summed E-state index contributed by atoms with van der Waals surface area (Å²) in [5, 5.41) is 26.4. The number of nitrogens with zero attached hydrogens (tertiary/aromatic N) is 4. The predicted molar refractivity (Wildman–Crippen MR) is 73.2 cm³/mol. The van der Waals surface area contributed by atoms with Crippen molar-refractivity contribution >= 4 is 27.1 Å². The average molecular weight is 347 g/mol. The molecular weight excluding hydrogens is 334 g/mol. The third-order valence-electron chi connectivity index (χ3n) is 3.65. The second kappa shape index (κ2) is 5.05. The van der Waals surface area contributed by atoms with Gasteiger partial charge < -0.3 is 25.8 Å². The van der Waals surface area contributed by atoms with Crippen molar-refractivity contribution in [3.8, 4) is 0 Å². The fourth-order valence-electron chi connectivity index (χ4n) is 2.54. The predicted octanol–water partition coefficient (Wildman–Crippen LogP) is -2.98. The zero-order valence-corrected chi connectivity index (χ0v) is 12.2. The summed E-state index contributed by atoms with van der Waals surface area (Å²) in [7, 11) is -5.14. The smallest absolute Gasteiger partial charge is 0.318 e. The lowest BCUT2D eigenvalue weighted by Gasteiger charge is -2.29. The summed E-state index contributed by atoms with van der Waals surface area (Å²) >= 11 is 0. The first-order valence-corrected chi connectivity index (χ1v) is 7.74. The Bertz CT molecular complexity index is 854. The Morgan fingerprint density at radius 1 is 1.35 bits per heavy atom. The van der Waals surface area contributed by atoms with E-state index in [9.17, 15) is 23.2 Å². The Kier molecular flexibility index (Phi) is 3.51. The highest BCUT2D eigenvalue weighted by Gasteiger charge is 2.64. The van der Waals surface area contributed by atoms with Gasteiger partial charge in [0.1, 0.15) is 36.5 Å². The number of aliphatic hydroxyl groups excluding tert-OH is 3. The van der Waals surface area contributed by atoms with Crippen LogP contribution in [0, 0.1) is 0 Å². The molecule has 0 bridgehead atoms. The lowest BCUT2D eigenvalue weighted by molar-refractivity contribution is -0.0887. The van der Waals surface area contributed by atoms with Gasteiger partial charge in [-0.15, -0.1) is 0 Å². The van der Waals surface area contributed by atoms with Gasteiger partial charge >= 0.3 is 15.2 Å². The van der Waals surface area contributed by atoms with Gasteiger partial charge in [-0.05, 0) is 0 Å². The number of nitrogens with two attached hydrogens (primary N) is 1. The molecule has 0 aliphatic carbocycles. The Morgan fingerprint density at radius 3 is 2.61 bits per heavy atom. The van der Waals surface area contributed by atoms with Crippen molar-refractivity contribution in [3.05, 3.63) is 12.7 Å². The lowest BCUT2D eigenvalue weighted by Crippen LogP contribution is -2.51. The first kappa shape index (κ1) is 16.0. The molecule has 3 heterocycles. The van der Waals surface area contributed by atoms with Crippen LogP contribution in [0.2, 0.25) is 0 Å². The van der Waals surface area contributed by atoms with E-state index in [1.165, 1.54) is 0 Å². The van der Waals surface area contributed by atoms with Crippen LogP contribution in [0.3, 0.4) is 0 Å². The molecule has 0 unspecified atom stereocenters. The third kappa shape index (κ3) is 2.02. The number of ether oxygens (including phenoxy) is 1. The maximum atomic E-state index is 12.0. The number of fused-ring (bicyclic) bond motifs is 1. The monoisotopic (exact) mass is 347 g/mol. The van der Waals surface area contributed by atoms with Gasteiger partial charge in [-0.2, -0.15) is 8.42 Å². The first-order valence-electron chi connectivity index (χ1n) is 6.30. The molecule has 0 amide bonds. The Hall–Kier alpha value is -1.90. The molecule has 0 saturated carbocycles. The minimum absolute atomic E-state index is 0.00765. The van der Waals surface area contributed by atoms with E-state index in [1.807, 2.05) is 0 Å². The van der Waals surface area contributed by atoms with E-state index >= 15 is 0 Å². The number of hydrogen-bond acceptors (Lipinski definition) is 10. The number of nitrogen functional groups attached to an aromatic ring is 1. The van der Waals surface area contributed by atoms with Crippen molar-refractivity contribution in [3.63, 3.8) is 0 Å². The highest BCUT2D eigenvalue weighted by Crippen LogP contribution is 2.41. The van der Waals surface area contributed by atoms with Crippen molar-refractivity contribution in [1.29, 1.82) is 0 Å². The van der Waals surface area contributed by atoms with Crippen LogP contribution in [0.5, 0.6) is 0 Å². The Morgan fingerprint density at radius 2 is 2.04 bits per heavy atom. The molecule has 2 aromatic heterocycles. The van der Waals surface area contributed by atoms with Gasteiger partial charge in [0.2, 0.25) is 0 Å². The Labute approximate surface area is 128 Å². The molecule has 12 nitrogen and oxygen atoms in total. The van der Waals surface area contributed by atoms with Crippen LogP contribution in [-0.4, -0.2) is 72.7 Å². The van der Waals surface area contributed by atoms with Crippen LogP contribution in [0.4, 0.5) is 5.82 Å². The molecule has 126 valence electrons. The van der Waals surface area contributed by atoms with E-state index in [4.69, 9.17) is 15.6 Å². The summed E-state index contributed by atoms with van der Waals surface area (Å²) < 4.78 is 39.4. The van der Waals surface area contributed by atoms with Crippen LogP contribution in [0.15, 0.2) is 12.7 Å². The Balaban J connectivity index is 2.32. The summed E-state index contributed by atoms with van der Waals surface area (Å²) in [5.74, 6) is -0.0639. The molecule has 13 heteroatoms. The largest absolute Gasteiger partial charge is 0.394 e. The molecule has 1 aliphatic heterocycles. The quantitative estimate of drug-likeness (QED) is 0.355. The molecule has 1 saturated heterocycles. The van der Waals surface area contributed by atoms with Crippen LogP contribution < -0.4 is 5.73 Å². The topological polar surface area (TPSA) is 194 Å². The average Bonchev–Trinajstić information content (AvgIpc) is 3.01. The zero-order valence-electron chi connectivity index (χ0n) is 11.4. The van der Waals surface area contributed by atoms with Gasteiger partial charge in [0, 0.05) is 0 Å². The molecule has 4 atom stereocenters. The summed E-state index contributed by atoms with van der Waals surface area (Å²) in [4.78, 5) is 11.3. The van der Waals surface area contributed by atoms with Gasteiger partial charge in [-0.25, -0.2) is 15.0 Å². The van der Waals surface area contributed by atoms with Gasteiger partial charge in [0.25, 0.3) is 0 Å². The fraction of sp³-hybridized carbons (Fsp3) is 0.500. The first-order chi connectivity index (χ1) is 10.7. The summed E-state index contributed by atoms with van der Waals surface area (Å²) in [6.45, 7) is -0.792. The van der Waals surface area contributed by atoms with Crippen LogP contribution in [0.1, 0.15) is 0 Å². The van der Waals surface area contributed by atoms with Crippen molar-refractivity contribution in [2.45, 2.75) is 23.4 Å². The fourth-order valence-corrected chi connectivity index (χ4v) is 3.61. The van der Waals surface area contributed by atoms with Gasteiger partial charge in [-0.3, -0.25) is 9.12 Å². The maximum Gasteiger partial charge on any atom is 0.318 e. The SMILES string of the molecule is Nc1ncnc2c1ncn2[C@]1(S(=O)(=O)O)O[C@H](CO)[C@@H](O)[C@H]1O. The van der Waals surface area contributed by atoms with Gasteiger partial charge in [-0.1, -0.05) is 0 Å². The molecule has 3 rings (SSSR count). The molecule has 0 aromatic carbocycles. The van der Waals surface area contributed by atoms with E-state index in [1.54, 1.807) is 0 Å². The summed E-state index contributed by atoms with van der Waals surface area (Å²) in [5.41, 5.74) is 5.46. The van der Waals surface area contributed by atoms with Gasteiger partial charge in [0.15, 0.2) is 11.5 Å². The van der Waals surface area contributed by atoms with Crippen LogP contribution >= 0.6 is 0 Å². The number of aliphatic hydroxyl groups is 3. The highest BCUT2D eigenvalue weighted by molar-refractivity contribution is 7.86. The molecule has 0 radical (unpaired) electrons. The maximum absolute atomic E-state index is 12.0. The van der Waals surface area contributed by atoms with E-state index in [0.717, 1.165) is 17.2 Å². The summed E-state index contributed by atoms with van der Waals surface area (Å²) in [6, 6.07) is 0. The lowest BCUT2D eigenvalue weighted by atomic mass is 10.1. The zero-order chi connectivity index (χ0) is 17.0. The van der Waals surface area contributed by atoms with Crippen molar-refractivity contribution in [1.82, 2.24) is 19.5 Å². The van der Waals surface area contributed by atoms with Crippen LogP contribution in [0.25, 0.3) is 11.2 Å². The number of rotatable bonds is 3. The van der Waals surface area contributed by atoms with E-state index in [0.29, 0.717) is 0 Å². The summed E-state index contributed by atoms with van der Waals surface area (Å²) in [6.07, 6.45) is -3.42. The standard InChI is InChI=1S/C10H13N5O7S/c11-8-5-9(13-2-12-8)15(3-14-5)10(23(19,20)21)7(18)6(17)4(1-16)22-10/h2-4,6-7,16-18H,1H2,(H2,11,12,13)(H,19,20,21)/t4-,6-,7-,10+/m1/s1. The number of aromatic nitrogens is 4. The number of hydrogen-bond donors (Lipinski definition) is 5. The van der Waals surface area contributed by atoms with Crippen LogP contribution in [-0.2, 0) is 19.9 Å². The van der Waals surface area contributed by atoms with Gasteiger partial charge in [0.05, 0.1) is 6.61 Å². The molecular formula is C10H13N5O7S. The molecule has 23 heavy (non-hydrogen) atoms. The molecule has 1 fully saturated rings. The van der Waals surface area contributed by atoms with E-state index in [2.05, 4.69) is 15.0 Å². The number of anilines is 1. The second-order valence-electron chi connectivity index (χ2n) is 4.93. The van der Waals surface area contributed by atoms with Crippen molar-refractivity contribution < 1.29 is 33.0 Å². The normalized spacial score (nSPS) is 31.7. The third-order valence-corrected chi connectivity index (χ3v) is 4.92. The van der Waals surface area contributed by atoms with Crippen molar-refractivity contribution in [2.24, 2.45) is 0 Å². The van der Waals surface area contributed by atoms with E-state index < -0.39 is 40.1 Å². The molecule has 2 aromatic rings. The molecule has 6 N–H and O–H groups in total. The number of imidazole rings is 1. The second-order valence-corrected chi connectivity index (χ2v) is 6.46.